The van der Waals surface area contributed by atoms with Gasteiger partial charge in [0.1, 0.15) is 11.5 Å². The highest BCUT2D eigenvalue weighted by atomic mass is 16.3. The Hall–Kier alpha value is -0.800. The number of aliphatic hydroxyl groups excluding tert-OH is 1. The van der Waals surface area contributed by atoms with Gasteiger partial charge in [-0.05, 0) is 43.2 Å². The fraction of sp³-hybridized carbons (Fsp3) is 0.733. The summed E-state index contributed by atoms with van der Waals surface area (Å²) in [6.45, 7) is 3.95. The third kappa shape index (κ3) is 2.62. The summed E-state index contributed by atoms with van der Waals surface area (Å²) in [4.78, 5) is 0. The van der Waals surface area contributed by atoms with Crippen molar-refractivity contribution in [3.05, 3.63) is 23.7 Å². The van der Waals surface area contributed by atoms with Crippen LogP contribution in [0.2, 0.25) is 0 Å². The minimum atomic E-state index is -0.100. The zero-order valence-corrected chi connectivity index (χ0v) is 11.1. The number of aliphatic hydroxyl groups is 1. The van der Waals surface area contributed by atoms with Crippen molar-refractivity contribution in [2.75, 3.05) is 6.54 Å². The van der Waals surface area contributed by atoms with Crippen molar-refractivity contribution in [1.29, 1.82) is 0 Å². The average molecular weight is 249 g/mol. The summed E-state index contributed by atoms with van der Waals surface area (Å²) in [6.07, 6.45) is 4.46. The fourth-order valence-electron chi connectivity index (χ4n) is 3.04. The molecular weight excluding hydrogens is 226 g/mol. The molecule has 0 aromatic carbocycles. The van der Waals surface area contributed by atoms with Gasteiger partial charge in [-0.3, -0.25) is 0 Å². The topological polar surface area (TPSA) is 45.4 Å². The normalized spacial score (nSPS) is 35.0. The molecule has 1 aromatic heterocycles. The molecule has 0 spiro atoms. The maximum Gasteiger partial charge on any atom is 0.117 e. The van der Waals surface area contributed by atoms with Crippen LogP contribution < -0.4 is 5.32 Å². The Bertz CT molecular complexity index is 401. The summed E-state index contributed by atoms with van der Waals surface area (Å²) in [5.41, 5.74) is 0. The molecule has 0 aliphatic heterocycles. The first-order chi connectivity index (χ1) is 8.74. The zero-order valence-electron chi connectivity index (χ0n) is 11.1. The van der Waals surface area contributed by atoms with Gasteiger partial charge in [0.25, 0.3) is 0 Å². The van der Waals surface area contributed by atoms with Gasteiger partial charge in [0.2, 0.25) is 0 Å². The smallest absolute Gasteiger partial charge is 0.117 e. The number of furan rings is 1. The van der Waals surface area contributed by atoms with Crippen LogP contribution in [0.1, 0.15) is 50.0 Å². The Morgan fingerprint density at radius 3 is 2.89 bits per heavy atom. The van der Waals surface area contributed by atoms with Gasteiger partial charge in [0.05, 0.1) is 12.6 Å². The molecule has 0 saturated heterocycles. The van der Waals surface area contributed by atoms with E-state index in [1.807, 2.05) is 0 Å². The van der Waals surface area contributed by atoms with Crippen molar-refractivity contribution < 1.29 is 9.52 Å². The quantitative estimate of drug-likeness (QED) is 0.843. The van der Waals surface area contributed by atoms with Crippen LogP contribution in [0.25, 0.3) is 0 Å². The molecular formula is C15H23NO2. The number of hydrogen-bond acceptors (Lipinski definition) is 3. The molecule has 0 bridgehead atoms. The summed E-state index contributed by atoms with van der Waals surface area (Å²) >= 11 is 0. The van der Waals surface area contributed by atoms with Crippen LogP contribution >= 0.6 is 0 Å². The first-order valence-electron chi connectivity index (χ1n) is 7.21. The molecule has 2 aliphatic carbocycles. The molecule has 0 radical (unpaired) electrons. The maximum atomic E-state index is 9.74. The average Bonchev–Trinajstić information content (AvgIpc) is 2.78. The lowest BCUT2D eigenvalue weighted by atomic mass is 10.1. The predicted octanol–water partition coefficient (Wildman–Crippen LogP) is 2.65. The Kier molecular flexibility index (Phi) is 3.44. The van der Waals surface area contributed by atoms with E-state index in [9.17, 15) is 5.11 Å². The molecule has 18 heavy (non-hydrogen) atoms. The van der Waals surface area contributed by atoms with Crippen molar-refractivity contribution >= 4 is 0 Å². The standard InChI is InChI=1S/C15H23NO2/c1-10-7-13(10)15-6-5-12(18-15)9-16-8-11-3-2-4-14(11)17/h5-6,10-11,13-14,16-17H,2-4,7-9H2,1H3. The van der Waals surface area contributed by atoms with Crippen LogP contribution in [0.3, 0.4) is 0 Å². The molecule has 2 aliphatic rings. The minimum absolute atomic E-state index is 0.100. The molecule has 2 N–H and O–H groups in total. The summed E-state index contributed by atoms with van der Waals surface area (Å²) in [5, 5.41) is 13.1. The molecule has 3 heteroatoms. The maximum absolute atomic E-state index is 9.74. The molecule has 2 saturated carbocycles. The highest BCUT2D eigenvalue weighted by Crippen LogP contribution is 2.47. The van der Waals surface area contributed by atoms with Gasteiger partial charge >= 0.3 is 0 Å². The number of nitrogens with one attached hydrogen (secondary N) is 1. The van der Waals surface area contributed by atoms with Gasteiger partial charge in [-0.1, -0.05) is 13.3 Å². The van der Waals surface area contributed by atoms with Crippen LogP contribution in [0.5, 0.6) is 0 Å². The molecule has 4 atom stereocenters. The molecule has 4 unspecified atom stereocenters. The number of hydrogen-bond donors (Lipinski definition) is 2. The molecule has 3 rings (SSSR count). The van der Waals surface area contributed by atoms with E-state index in [1.54, 1.807) is 0 Å². The van der Waals surface area contributed by atoms with Gasteiger partial charge in [-0.2, -0.15) is 0 Å². The first kappa shape index (κ1) is 12.2. The second-order valence-corrected chi connectivity index (χ2v) is 6.01. The predicted molar refractivity (Wildman–Crippen MR) is 70.3 cm³/mol. The minimum Gasteiger partial charge on any atom is -0.464 e. The van der Waals surface area contributed by atoms with Gasteiger partial charge in [0, 0.05) is 12.5 Å². The second-order valence-electron chi connectivity index (χ2n) is 6.01. The highest BCUT2D eigenvalue weighted by Gasteiger charge is 2.36. The van der Waals surface area contributed by atoms with E-state index < -0.39 is 0 Å². The van der Waals surface area contributed by atoms with Gasteiger partial charge < -0.3 is 14.8 Å². The van der Waals surface area contributed by atoms with E-state index in [0.29, 0.717) is 11.8 Å². The fourth-order valence-corrected chi connectivity index (χ4v) is 3.04. The van der Waals surface area contributed by atoms with E-state index in [4.69, 9.17) is 4.42 Å². The zero-order chi connectivity index (χ0) is 12.5. The summed E-state index contributed by atoms with van der Waals surface area (Å²) < 4.78 is 5.84. The van der Waals surface area contributed by atoms with Crippen LogP contribution in [-0.2, 0) is 6.54 Å². The van der Waals surface area contributed by atoms with E-state index in [0.717, 1.165) is 49.8 Å². The lowest BCUT2D eigenvalue weighted by Crippen LogP contribution is -2.27. The SMILES string of the molecule is CC1CC1c1ccc(CNCC2CCCC2O)o1. The molecule has 1 aromatic rings. The van der Waals surface area contributed by atoms with Gasteiger partial charge in [-0.25, -0.2) is 0 Å². The second kappa shape index (κ2) is 5.06. The molecule has 3 nitrogen and oxygen atoms in total. The number of rotatable bonds is 5. The molecule has 0 amide bonds. The third-order valence-electron chi connectivity index (χ3n) is 4.48. The van der Waals surface area contributed by atoms with Crippen LogP contribution in [-0.4, -0.2) is 17.8 Å². The van der Waals surface area contributed by atoms with E-state index in [-0.39, 0.29) is 6.10 Å². The summed E-state index contributed by atoms with van der Waals surface area (Å²) in [5.74, 6) is 4.07. The van der Waals surface area contributed by atoms with Crippen molar-refractivity contribution in [3.8, 4) is 0 Å². The molecule has 1 heterocycles. The lowest BCUT2D eigenvalue weighted by Gasteiger charge is -2.14. The highest BCUT2D eigenvalue weighted by molar-refractivity contribution is 5.17. The Morgan fingerprint density at radius 2 is 2.22 bits per heavy atom. The van der Waals surface area contributed by atoms with E-state index >= 15 is 0 Å². The Labute approximate surface area is 109 Å². The van der Waals surface area contributed by atoms with Gasteiger partial charge in [-0.15, -0.1) is 0 Å². The lowest BCUT2D eigenvalue weighted by molar-refractivity contribution is 0.131. The molecule has 2 fully saturated rings. The van der Waals surface area contributed by atoms with Crippen LogP contribution in [0, 0.1) is 11.8 Å². The Morgan fingerprint density at radius 1 is 1.39 bits per heavy atom. The Balaban J connectivity index is 1.44. The van der Waals surface area contributed by atoms with Gasteiger partial charge in [0.15, 0.2) is 0 Å². The largest absolute Gasteiger partial charge is 0.464 e. The third-order valence-corrected chi connectivity index (χ3v) is 4.48. The molecule has 100 valence electrons. The monoisotopic (exact) mass is 249 g/mol. The van der Waals surface area contributed by atoms with Crippen LogP contribution in [0.15, 0.2) is 16.5 Å². The van der Waals surface area contributed by atoms with Crippen molar-refractivity contribution in [2.24, 2.45) is 11.8 Å². The summed E-state index contributed by atoms with van der Waals surface area (Å²) in [6, 6.07) is 4.20. The van der Waals surface area contributed by atoms with Crippen molar-refractivity contribution in [3.63, 3.8) is 0 Å². The summed E-state index contributed by atoms with van der Waals surface area (Å²) in [7, 11) is 0. The van der Waals surface area contributed by atoms with Crippen LogP contribution in [0.4, 0.5) is 0 Å². The first-order valence-corrected chi connectivity index (χ1v) is 7.21. The van der Waals surface area contributed by atoms with E-state index in [2.05, 4.69) is 24.4 Å². The van der Waals surface area contributed by atoms with Crippen molar-refractivity contribution in [1.82, 2.24) is 5.32 Å². The van der Waals surface area contributed by atoms with Crippen molar-refractivity contribution in [2.45, 2.75) is 51.2 Å². The van der Waals surface area contributed by atoms with E-state index in [1.165, 1.54) is 6.42 Å².